The number of benzene rings is 1. The van der Waals surface area contributed by atoms with E-state index in [0.29, 0.717) is 0 Å². The molecule has 4 heteroatoms. The standard InChI is InChI=1S/C12H16BrNO2/c1-8-7-9(5-6-10(8)16-4)14-11(15)12(2,3)13/h5-7H,1-4H3,(H,14,15). The van der Waals surface area contributed by atoms with Gasteiger partial charge in [0.2, 0.25) is 5.91 Å². The number of anilines is 1. The van der Waals surface area contributed by atoms with E-state index >= 15 is 0 Å². The van der Waals surface area contributed by atoms with Gasteiger partial charge in [-0.05, 0) is 44.5 Å². The predicted molar refractivity (Wildman–Crippen MR) is 69.4 cm³/mol. The number of rotatable bonds is 3. The zero-order chi connectivity index (χ0) is 12.3. The number of hydrogen-bond acceptors (Lipinski definition) is 2. The summed E-state index contributed by atoms with van der Waals surface area (Å²) in [7, 11) is 1.63. The van der Waals surface area contributed by atoms with Crippen molar-refractivity contribution in [3.63, 3.8) is 0 Å². The van der Waals surface area contributed by atoms with Gasteiger partial charge in [0.1, 0.15) is 5.75 Å². The molecule has 0 bridgehead atoms. The molecule has 0 saturated heterocycles. The summed E-state index contributed by atoms with van der Waals surface area (Å²) < 4.78 is 4.58. The fourth-order valence-electron chi connectivity index (χ4n) is 1.24. The second kappa shape index (κ2) is 4.87. The first-order valence-corrected chi connectivity index (χ1v) is 5.79. The fourth-order valence-corrected chi connectivity index (χ4v) is 1.34. The molecule has 0 aliphatic carbocycles. The topological polar surface area (TPSA) is 38.3 Å². The van der Waals surface area contributed by atoms with E-state index in [1.807, 2.05) is 25.1 Å². The van der Waals surface area contributed by atoms with E-state index in [-0.39, 0.29) is 5.91 Å². The van der Waals surface area contributed by atoms with Crippen LogP contribution in [0.2, 0.25) is 0 Å². The van der Waals surface area contributed by atoms with Gasteiger partial charge in [-0.2, -0.15) is 0 Å². The number of alkyl halides is 1. The lowest BCUT2D eigenvalue weighted by atomic mass is 10.1. The second-order valence-electron chi connectivity index (χ2n) is 4.11. The maximum Gasteiger partial charge on any atom is 0.240 e. The van der Waals surface area contributed by atoms with Gasteiger partial charge < -0.3 is 10.1 Å². The fraction of sp³-hybridized carbons (Fsp3) is 0.417. The Hall–Kier alpha value is -1.03. The van der Waals surface area contributed by atoms with E-state index in [1.54, 1.807) is 21.0 Å². The third-order valence-electron chi connectivity index (χ3n) is 2.19. The summed E-state index contributed by atoms with van der Waals surface area (Å²) in [5, 5.41) is 2.83. The quantitative estimate of drug-likeness (QED) is 0.867. The molecule has 0 aliphatic heterocycles. The third kappa shape index (κ3) is 3.23. The molecular weight excluding hydrogens is 270 g/mol. The van der Waals surface area contributed by atoms with E-state index in [0.717, 1.165) is 17.0 Å². The van der Waals surface area contributed by atoms with Crippen molar-refractivity contribution in [2.24, 2.45) is 0 Å². The molecule has 0 saturated carbocycles. The Morgan fingerprint density at radius 1 is 1.44 bits per heavy atom. The molecule has 88 valence electrons. The van der Waals surface area contributed by atoms with Crippen molar-refractivity contribution in [2.75, 3.05) is 12.4 Å². The highest BCUT2D eigenvalue weighted by atomic mass is 79.9. The number of methoxy groups -OCH3 is 1. The van der Waals surface area contributed by atoms with Crippen LogP contribution in [0, 0.1) is 6.92 Å². The van der Waals surface area contributed by atoms with Gasteiger partial charge in [-0.1, -0.05) is 15.9 Å². The van der Waals surface area contributed by atoms with Gasteiger partial charge in [-0.3, -0.25) is 4.79 Å². The molecule has 1 N–H and O–H groups in total. The first kappa shape index (κ1) is 13.0. The first-order chi connectivity index (χ1) is 7.34. The van der Waals surface area contributed by atoms with Crippen LogP contribution in [-0.2, 0) is 4.79 Å². The molecule has 16 heavy (non-hydrogen) atoms. The highest BCUT2D eigenvalue weighted by Crippen LogP contribution is 2.23. The number of carbonyl (C=O) groups is 1. The van der Waals surface area contributed by atoms with Crippen LogP contribution in [0.15, 0.2) is 18.2 Å². The molecular formula is C12H16BrNO2. The summed E-state index contributed by atoms with van der Waals surface area (Å²) in [6, 6.07) is 5.55. The van der Waals surface area contributed by atoms with Gasteiger partial charge in [0.25, 0.3) is 0 Å². The van der Waals surface area contributed by atoms with Crippen LogP contribution in [0.25, 0.3) is 0 Å². The Labute approximate surface area is 104 Å². The molecule has 0 fully saturated rings. The van der Waals surface area contributed by atoms with Gasteiger partial charge in [0.15, 0.2) is 0 Å². The van der Waals surface area contributed by atoms with Gasteiger partial charge in [-0.25, -0.2) is 0 Å². The summed E-state index contributed by atoms with van der Waals surface area (Å²) in [4.78, 5) is 11.7. The average molecular weight is 286 g/mol. The number of carbonyl (C=O) groups excluding carboxylic acids is 1. The Kier molecular flexibility index (Phi) is 3.97. The lowest BCUT2D eigenvalue weighted by Crippen LogP contribution is -2.30. The van der Waals surface area contributed by atoms with Gasteiger partial charge in [0.05, 0.1) is 11.4 Å². The minimum atomic E-state index is -0.569. The van der Waals surface area contributed by atoms with Crippen molar-refractivity contribution in [1.29, 1.82) is 0 Å². The Bertz CT molecular complexity index is 396. The molecule has 3 nitrogen and oxygen atoms in total. The normalized spacial score (nSPS) is 11.1. The maximum absolute atomic E-state index is 11.7. The molecule has 1 amide bonds. The molecule has 0 aliphatic rings. The van der Waals surface area contributed by atoms with Crippen molar-refractivity contribution in [1.82, 2.24) is 0 Å². The van der Waals surface area contributed by atoms with E-state index in [9.17, 15) is 4.79 Å². The smallest absolute Gasteiger partial charge is 0.240 e. The molecule has 0 aromatic heterocycles. The number of halogens is 1. The van der Waals surface area contributed by atoms with Crippen molar-refractivity contribution in [2.45, 2.75) is 25.1 Å². The maximum atomic E-state index is 11.7. The van der Waals surface area contributed by atoms with Crippen LogP contribution < -0.4 is 10.1 Å². The van der Waals surface area contributed by atoms with E-state index in [4.69, 9.17) is 4.74 Å². The lowest BCUT2D eigenvalue weighted by Gasteiger charge is -2.16. The Morgan fingerprint density at radius 2 is 2.06 bits per heavy atom. The Morgan fingerprint density at radius 3 is 2.50 bits per heavy atom. The van der Waals surface area contributed by atoms with Crippen LogP contribution in [-0.4, -0.2) is 17.3 Å². The largest absolute Gasteiger partial charge is 0.496 e. The Balaban J connectivity index is 2.84. The lowest BCUT2D eigenvalue weighted by molar-refractivity contribution is -0.117. The summed E-state index contributed by atoms with van der Waals surface area (Å²) >= 11 is 3.31. The summed E-state index contributed by atoms with van der Waals surface area (Å²) in [6.45, 7) is 5.55. The number of hydrogen-bond donors (Lipinski definition) is 1. The van der Waals surface area contributed by atoms with Crippen LogP contribution in [0.3, 0.4) is 0 Å². The predicted octanol–water partition coefficient (Wildman–Crippen LogP) is 3.12. The molecule has 0 radical (unpaired) electrons. The zero-order valence-corrected chi connectivity index (χ0v) is 11.5. The third-order valence-corrected chi connectivity index (χ3v) is 2.55. The van der Waals surface area contributed by atoms with E-state index in [1.165, 1.54) is 0 Å². The van der Waals surface area contributed by atoms with Crippen LogP contribution in [0.5, 0.6) is 5.75 Å². The summed E-state index contributed by atoms with van der Waals surface area (Å²) in [5.41, 5.74) is 1.77. The first-order valence-electron chi connectivity index (χ1n) is 4.99. The molecule has 1 aromatic carbocycles. The molecule has 1 aromatic rings. The highest BCUT2D eigenvalue weighted by Gasteiger charge is 2.23. The van der Waals surface area contributed by atoms with Crippen LogP contribution in [0.4, 0.5) is 5.69 Å². The van der Waals surface area contributed by atoms with Gasteiger partial charge in [0, 0.05) is 5.69 Å². The minimum absolute atomic E-state index is 0.0722. The summed E-state index contributed by atoms with van der Waals surface area (Å²) in [5.74, 6) is 0.744. The van der Waals surface area contributed by atoms with Crippen LogP contribution in [0.1, 0.15) is 19.4 Å². The van der Waals surface area contributed by atoms with E-state index in [2.05, 4.69) is 21.2 Å². The highest BCUT2D eigenvalue weighted by molar-refractivity contribution is 9.10. The van der Waals surface area contributed by atoms with E-state index < -0.39 is 4.32 Å². The number of nitrogens with one attached hydrogen (secondary N) is 1. The number of aryl methyl sites for hydroxylation is 1. The molecule has 1 rings (SSSR count). The van der Waals surface area contributed by atoms with Gasteiger partial charge >= 0.3 is 0 Å². The molecule has 0 spiro atoms. The van der Waals surface area contributed by atoms with Crippen LogP contribution >= 0.6 is 15.9 Å². The SMILES string of the molecule is COc1ccc(NC(=O)C(C)(C)Br)cc1C. The molecule has 0 atom stereocenters. The number of ether oxygens (including phenoxy) is 1. The second-order valence-corrected chi connectivity index (χ2v) is 6.09. The number of amides is 1. The molecule has 0 heterocycles. The monoisotopic (exact) mass is 285 g/mol. The molecule has 0 unspecified atom stereocenters. The van der Waals surface area contributed by atoms with Crippen molar-refractivity contribution in [3.8, 4) is 5.75 Å². The van der Waals surface area contributed by atoms with Crippen molar-refractivity contribution in [3.05, 3.63) is 23.8 Å². The van der Waals surface area contributed by atoms with Crippen molar-refractivity contribution >= 4 is 27.5 Å². The minimum Gasteiger partial charge on any atom is -0.496 e. The summed E-state index contributed by atoms with van der Waals surface area (Å²) in [6.07, 6.45) is 0. The average Bonchev–Trinajstić information content (AvgIpc) is 2.16. The zero-order valence-electron chi connectivity index (χ0n) is 9.93. The van der Waals surface area contributed by atoms with Crippen molar-refractivity contribution < 1.29 is 9.53 Å². The van der Waals surface area contributed by atoms with Gasteiger partial charge in [-0.15, -0.1) is 0 Å².